The lowest BCUT2D eigenvalue weighted by Crippen LogP contribution is -2.18. The number of rotatable bonds is 6. The maximum Gasteiger partial charge on any atom is 0.229 e. The van der Waals surface area contributed by atoms with Crippen LogP contribution >= 0.6 is 7.14 Å². The van der Waals surface area contributed by atoms with Crippen LogP contribution in [0.25, 0.3) is 0 Å². The van der Waals surface area contributed by atoms with Gasteiger partial charge in [0.2, 0.25) is 18.2 Å². The Kier molecular flexibility index (Phi) is 6.24. The molecule has 5 heteroatoms. The first-order valence-electron chi connectivity index (χ1n) is 8.98. The Morgan fingerprint density at radius 2 is 1.04 bits per heavy atom. The number of hydrogen-bond acceptors (Lipinski definition) is 4. The summed E-state index contributed by atoms with van der Waals surface area (Å²) < 4.78 is 13.7. The Balaban J connectivity index is 2.67. The summed E-state index contributed by atoms with van der Waals surface area (Å²) in [6, 6.07) is 7.37. The molecule has 144 valence electrons. The lowest BCUT2D eigenvalue weighted by Gasteiger charge is -2.20. The highest BCUT2D eigenvalue weighted by molar-refractivity contribution is 7.95. The van der Waals surface area contributed by atoms with Crippen molar-refractivity contribution in [3.63, 3.8) is 0 Å². The number of aliphatic hydroxyl groups is 1. The largest absolute Gasteiger partial charge is 0.396 e. The fourth-order valence-corrected chi connectivity index (χ4v) is 6.13. The summed E-state index contributed by atoms with van der Waals surface area (Å²) in [4.78, 5) is 26.6. The lowest BCUT2D eigenvalue weighted by atomic mass is 10.0. The molecule has 0 unspecified atom stereocenters. The van der Waals surface area contributed by atoms with Crippen LogP contribution in [0.3, 0.4) is 0 Å². The van der Waals surface area contributed by atoms with Gasteiger partial charge in [-0.2, -0.15) is 0 Å². The van der Waals surface area contributed by atoms with Crippen LogP contribution in [-0.2, 0) is 4.57 Å². The van der Waals surface area contributed by atoms with Gasteiger partial charge in [0.05, 0.1) is 6.61 Å². The zero-order valence-electron chi connectivity index (χ0n) is 16.8. The van der Waals surface area contributed by atoms with Crippen molar-refractivity contribution >= 4 is 18.2 Å². The van der Waals surface area contributed by atoms with Crippen molar-refractivity contribution < 1.29 is 19.3 Å². The van der Waals surface area contributed by atoms with E-state index in [1.54, 1.807) is 27.7 Å². The van der Waals surface area contributed by atoms with Gasteiger partial charge in [-0.3, -0.25) is 9.59 Å². The fraction of sp³-hybridized carbons (Fsp3) is 0.364. The van der Waals surface area contributed by atoms with Crippen LogP contribution in [0.4, 0.5) is 0 Å². The second-order valence-corrected chi connectivity index (χ2v) is 10.1. The molecule has 0 amide bonds. The molecule has 0 bridgehead atoms. The fourth-order valence-electron chi connectivity index (χ4n) is 3.83. The van der Waals surface area contributed by atoms with Crippen molar-refractivity contribution in [2.24, 2.45) is 0 Å². The van der Waals surface area contributed by atoms with Gasteiger partial charge in [0.1, 0.15) is 0 Å². The minimum Gasteiger partial charge on any atom is -0.396 e. The molecule has 27 heavy (non-hydrogen) atoms. The minimum atomic E-state index is -4.01. The maximum absolute atomic E-state index is 13.7. The van der Waals surface area contributed by atoms with Gasteiger partial charge in [0.15, 0.2) is 0 Å². The normalized spacial score (nSPS) is 11.5. The Labute approximate surface area is 161 Å². The van der Waals surface area contributed by atoms with E-state index in [0.29, 0.717) is 33.4 Å². The van der Waals surface area contributed by atoms with Crippen LogP contribution in [-0.4, -0.2) is 28.9 Å². The van der Waals surface area contributed by atoms with Gasteiger partial charge in [-0.25, -0.2) is 0 Å². The summed E-state index contributed by atoms with van der Waals surface area (Å²) >= 11 is 0. The molecule has 2 aromatic rings. The standard InChI is InChI=1S/C22H27O4P/c1-13-9-15(3)19(16(4)10-13)21(24)27(26,8-7-23)22(25)20-17(5)11-14(2)12-18(20)6/h9-12,23H,7-8H2,1-6H3. The molecule has 0 saturated carbocycles. The monoisotopic (exact) mass is 386 g/mol. The van der Waals surface area contributed by atoms with Crippen LogP contribution in [0, 0.1) is 41.5 Å². The van der Waals surface area contributed by atoms with Gasteiger partial charge >= 0.3 is 0 Å². The SMILES string of the molecule is Cc1cc(C)c(C(=O)P(=O)(CCO)C(=O)c2c(C)cc(C)cc2C)c(C)c1. The Morgan fingerprint density at radius 3 is 1.30 bits per heavy atom. The van der Waals surface area contributed by atoms with Gasteiger partial charge in [-0.05, 0) is 63.8 Å². The van der Waals surface area contributed by atoms with Crippen LogP contribution in [0.5, 0.6) is 0 Å². The third-order valence-corrected chi connectivity index (χ3v) is 7.44. The van der Waals surface area contributed by atoms with Crippen LogP contribution in [0.1, 0.15) is 54.1 Å². The van der Waals surface area contributed by atoms with Crippen molar-refractivity contribution in [3.05, 3.63) is 68.8 Å². The van der Waals surface area contributed by atoms with Crippen molar-refractivity contribution in [2.75, 3.05) is 12.8 Å². The van der Waals surface area contributed by atoms with Gasteiger partial charge < -0.3 is 9.67 Å². The number of aliphatic hydroxyl groups excluding tert-OH is 1. The molecule has 1 N–H and O–H groups in total. The molecule has 0 saturated heterocycles. The molecule has 0 spiro atoms. The summed E-state index contributed by atoms with van der Waals surface area (Å²) in [5.74, 6) is 0. The highest BCUT2D eigenvalue weighted by atomic mass is 31.2. The molecule has 0 aliphatic rings. The number of carbonyl (C=O) groups excluding carboxylic acids is 2. The highest BCUT2D eigenvalue weighted by Gasteiger charge is 2.42. The van der Waals surface area contributed by atoms with E-state index in [2.05, 4.69) is 0 Å². The molecule has 0 heterocycles. The van der Waals surface area contributed by atoms with Crippen molar-refractivity contribution in [1.82, 2.24) is 0 Å². The molecule has 0 aliphatic carbocycles. The van der Waals surface area contributed by atoms with Crippen LogP contribution in [0.2, 0.25) is 0 Å². The van der Waals surface area contributed by atoms with E-state index < -0.39 is 24.8 Å². The molecule has 2 aromatic carbocycles. The van der Waals surface area contributed by atoms with Crippen LogP contribution in [0.15, 0.2) is 24.3 Å². The summed E-state index contributed by atoms with van der Waals surface area (Å²) in [6.07, 6.45) is -0.343. The third kappa shape index (κ3) is 3.97. The minimum absolute atomic E-state index is 0.327. The van der Waals surface area contributed by atoms with Gasteiger partial charge in [-0.1, -0.05) is 35.4 Å². The highest BCUT2D eigenvalue weighted by Crippen LogP contribution is 2.53. The number of benzene rings is 2. The summed E-state index contributed by atoms with van der Waals surface area (Å²) in [5.41, 5.74) is 4.11. The number of hydrogen-bond donors (Lipinski definition) is 1. The first-order chi connectivity index (χ1) is 12.5. The Bertz CT molecular complexity index is 853. The second kappa shape index (κ2) is 7.92. The molecule has 2 rings (SSSR count). The van der Waals surface area contributed by atoms with E-state index in [-0.39, 0.29) is 6.16 Å². The first-order valence-corrected chi connectivity index (χ1v) is 10.9. The molecule has 4 nitrogen and oxygen atoms in total. The average molecular weight is 386 g/mol. The number of aryl methyl sites for hydroxylation is 6. The zero-order valence-corrected chi connectivity index (χ0v) is 17.7. The van der Waals surface area contributed by atoms with E-state index >= 15 is 0 Å². The van der Waals surface area contributed by atoms with E-state index in [1.165, 1.54) is 0 Å². The number of carbonyl (C=O) groups is 2. The molecule has 0 radical (unpaired) electrons. The summed E-state index contributed by atoms with van der Waals surface area (Å²) in [5, 5.41) is 9.48. The Hall–Kier alpha value is -2.03. The predicted molar refractivity (Wildman–Crippen MR) is 110 cm³/mol. The average Bonchev–Trinajstić information content (AvgIpc) is 2.52. The van der Waals surface area contributed by atoms with Gasteiger partial charge in [0.25, 0.3) is 0 Å². The smallest absolute Gasteiger partial charge is 0.229 e. The van der Waals surface area contributed by atoms with Gasteiger partial charge in [-0.15, -0.1) is 0 Å². The molecular weight excluding hydrogens is 359 g/mol. The topological polar surface area (TPSA) is 71.4 Å². The van der Waals surface area contributed by atoms with E-state index in [9.17, 15) is 19.3 Å². The van der Waals surface area contributed by atoms with Crippen molar-refractivity contribution in [3.8, 4) is 0 Å². The predicted octanol–water partition coefficient (Wildman–Crippen LogP) is 4.87. The Morgan fingerprint density at radius 1 is 0.741 bits per heavy atom. The quantitative estimate of drug-likeness (QED) is 0.719. The molecular formula is C22H27O4P. The van der Waals surface area contributed by atoms with Crippen LogP contribution < -0.4 is 0 Å². The maximum atomic E-state index is 13.7. The van der Waals surface area contributed by atoms with E-state index in [1.807, 2.05) is 38.1 Å². The summed E-state index contributed by atoms with van der Waals surface area (Å²) in [7, 11) is -4.01. The zero-order chi connectivity index (χ0) is 20.5. The molecule has 0 aliphatic heterocycles. The first kappa shape index (κ1) is 21.3. The molecule has 0 fully saturated rings. The lowest BCUT2D eigenvalue weighted by molar-refractivity contribution is 0.103. The summed E-state index contributed by atoms with van der Waals surface area (Å²) in [6.45, 7) is 10.5. The van der Waals surface area contributed by atoms with Crippen molar-refractivity contribution in [2.45, 2.75) is 41.5 Å². The van der Waals surface area contributed by atoms with Crippen molar-refractivity contribution in [1.29, 1.82) is 0 Å². The molecule has 0 aromatic heterocycles. The second-order valence-electron chi connectivity index (χ2n) is 7.34. The van der Waals surface area contributed by atoms with E-state index in [4.69, 9.17) is 0 Å². The third-order valence-electron chi connectivity index (χ3n) is 4.85. The van der Waals surface area contributed by atoms with E-state index in [0.717, 1.165) is 11.1 Å². The van der Waals surface area contributed by atoms with Gasteiger partial charge in [0, 0.05) is 17.3 Å². The molecule has 0 atom stereocenters.